The predicted molar refractivity (Wildman–Crippen MR) is 217 cm³/mol. The van der Waals surface area contributed by atoms with Crippen LogP contribution in [-0.4, -0.2) is 151 Å². The zero-order valence-corrected chi connectivity index (χ0v) is 39.3. The number of carboxylic acid groups (broad SMARTS) is 1. The number of ether oxygens (including phenoxy) is 3. The minimum Gasteiger partial charge on any atom is -0.477 e. The van der Waals surface area contributed by atoms with Crippen LogP contribution in [0.5, 0.6) is 0 Å². The molecule has 1 aliphatic rings. The van der Waals surface area contributed by atoms with E-state index in [-0.39, 0.29) is 6.61 Å². The number of hydrogen-bond acceptors (Lipinski definition) is 20. The Hall–Kier alpha value is -1.83. The summed E-state index contributed by atoms with van der Waals surface area (Å²) in [4.78, 5) is 25.2. The van der Waals surface area contributed by atoms with Gasteiger partial charge in [-0.15, -0.1) is 0 Å². The maximum atomic E-state index is 12.9. The van der Waals surface area contributed by atoms with Crippen molar-refractivity contribution in [1.29, 1.82) is 0 Å². The predicted octanol–water partition coefficient (Wildman–Crippen LogP) is 1.93. The largest absolute Gasteiger partial charge is 0.477 e. The number of carbonyl (C=O) groups is 2. The fourth-order valence-electron chi connectivity index (χ4n) is 6.59. The third-order valence-corrected chi connectivity index (χ3v) is 11.6. The van der Waals surface area contributed by atoms with Gasteiger partial charge >= 0.3 is 58.0 Å². The normalized spacial score (nSPS) is 21.6. The SMILES string of the molecule is CCCCCCCCCCCCCCCCCCOC[C@H](CO[C@]1(C(=O)O)C[C@H](OS(=O)(=O)O)[C@@H](NC(C)=O)[C@H]([C@H](OS(=O)(=O)O)[C@@H](COS(=O)(=O)O)OS(=O)(=O)O)O1)OS(=O)(=O)O. The van der Waals surface area contributed by atoms with Crippen LogP contribution in [0.4, 0.5) is 0 Å². The molecule has 1 amide bonds. The van der Waals surface area contributed by atoms with Crippen molar-refractivity contribution in [2.45, 2.75) is 165 Å². The molecule has 32 heteroatoms. The molecule has 0 aromatic rings. The highest BCUT2D eigenvalue weighted by atomic mass is 32.3. The lowest BCUT2D eigenvalue weighted by molar-refractivity contribution is -0.310. The average molecular weight is 1040 g/mol. The molecule has 7 atom stereocenters. The summed E-state index contributed by atoms with van der Waals surface area (Å²) in [5, 5.41) is 12.3. The Morgan fingerprint density at radius 3 is 1.52 bits per heavy atom. The van der Waals surface area contributed by atoms with Gasteiger partial charge < -0.3 is 24.6 Å². The van der Waals surface area contributed by atoms with E-state index in [1.54, 1.807) is 0 Å². The van der Waals surface area contributed by atoms with Crippen molar-refractivity contribution in [3.63, 3.8) is 0 Å². The quantitative estimate of drug-likeness (QED) is 0.0345. The lowest BCUT2D eigenvalue weighted by Gasteiger charge is -2.48. The maximum Gasteiger partial charge on any atom is 0.397 e. The van der Waals surface area contributed by atoms with Crippen LogP contribution in [0, 0.1) is 0 Å². The van der Waals surface area contributed by atoms with Gasteiger partial charge in [0.2, 0.25) is 5.91 Å². The molecular weight excluding hydrogens is 975 g/mol. The fraction of sp³-hybridized carbons (Fsp3) is 0.938. The number of rotatable bonds is 37. The summed E-state index contributed by atoms with van der Waals surface area (Å²) in [6, 6.07) is -2.40. The summed E-state index contributed by atoms with van der Waals surface area (Å²) in [6.45, 7) is -1.08. The Bertz CT molecular complexity index is 1970. The van der Waals surface area contributed by atoms with Crippen LogP contribution in [0.15, 0.2) is 0 Å². The smallest absolute Gasteiger partial charge is 0.397 e. The van der Waals surface area contributed by atoms with E-state index in [0.29, 0.717) is 19.8 Å². The second kappa shape index (κ2) is 28.5. The van der Waals surface area contributed by atoms with E-state index in [9.17, 15) is 75.0 Å². The number of unbranched alkanes of at least 4 members (excludes halogenated alkanes) is 15. The van der Waals surface area contributed by atoms with E-state index >= 15 is 0 Å². The second-order valence-corrected chi connectivity index (χ2v) is 20.0. The number of nitrogens with one attached hydrogen (secondary N) is 1. The molecule has 0 bridgehead atoms. The van der Waals surface area contributed by atoms with Gasteiger partial charge in [-0.2, -0.15) is 42.1 Å². The van der Waals surface area contributed by atoms with Gasteiger partial charge in [0.05, 0.1) is 25.9 Å². The van der Waals surface area contributed by atoms with E-state index in [4.69, 9.17) is 18.8 Å². The molecule has 27 nitrogen and oxygen atoms in total. The van der Waals surface area contributed by atoms with Crippen LogP contribution in [-0.2, 0) is 96.7 Å². The molecule has 1 saturated heterocycles. The van der Waals surface area contributed by atoms with E-state index in [2.05, 4.69) is 27.8 Å². The molecule has 0 saturated carbocycles. The molecule has 0 aromatic carbocycles. The van der Waals surface area contributed by atoms with Crippen molar-refractivity contribution in [3.8, 4) is 0 Å². The first-order chi connectivity index (χ1) is 29.5. The van der Waals surface area contributed by atoms with E-state index < -0.39 is 132 Å². The van der Waals surface area contributed by atoms with Gasteiger partial charge in [0.25, 0.3) is 5.79 Å². The van der Waals surface area contributed by atoms with Crippen molar-refractivity contribution < 1.29 is 115 Å². The molecule has 0 aromatic heterocycles. The first-order valence-electron chi connectivity index (χ1n) is 20.1. The Kier molecular flexibility index (Phi) is 26.8. The Morgan fingerprint density at radius 2 is 1.11 bits per heavy atom. The van der Waals surface area contributed by atoms with Gasteiger partial charge in [-0.05, 0) is 6.42 Å². The monoisotopic (exact) mass is 1040 g/mol. The summed E-state index contributed by atoms with van der Waals surface area (Å²) >= 11 is 0. The average Bonchev–Trinajstić information content (AvgIpc) is 3.12. The van der Waals surface area contributed by atoms with Gasteiger partial charge in [0.15, 0.2) is 0 Å². The van der Waals surface area contributed by atoms with Crippen LogP contribution in [0.1, 0.15) is 123 Å². The van der Waals surface area contributed by atoms with Crippen molar-refractivity contribution in [3.05, 3.63) is 0 Å². The molecule has 0 spiro atoms. The molecule has 0 aliphatic carbocycles. The third-order valence-electron chi connectivity index (χ3n) is 9.25. The van der Waals surface area contributed by atoms with E-state index in [1.165, 1.54) is 57.8 Å². The lowest BCUT2D eigenvalue weighted by Crippen LogP contribution is -2.69. The molecule has 380 valence electrons. The van der Waals surface area contributed by atoms with Gasteiger partial charge in [-0.3, -0.25) is 27.6 Å². The standard InChI is InChI=1S/C32H61NO26S5/c1-3-4-5-6-7-8-9-10-11-12-13-14-15-16-17-18-19-52-21-25(56-61(40,41)42)22-53-32(31(35)36)20-26(57-62(43,44)45)28(33-24(2)34)30(55-32)29(59-64(49,50)51)27(58-63(46,47)48)23-54-60(37,38)39/h25-30H,3-23H2,1-2H3,(H,33,34)(H,35,36)(H,37,38,39)(H,40,41,42)(H,43,44,45)(H,46,47,48)(H,49,50,51)/t25-,26+,27-,28-,29-,30-,32-/m1/s1. The van der Waals surface area contributed by atoms with Crippen molar-refractivity contribution in [2.75, 3.05) is 26.4 Å². The summed E-state index contributed by atoms with van der Waals surface area (Å²) in [6.07, 6.45) is 2.51. The minimum absolute atomic E-state index is 0.00939. The Balaban J connectivity index is 3.26. The first kappa shape index (κ1) is 60.2. The molecule has 1 rings (SSSR count). The van der Waals surface area contributed by atoms with Crippen LogP contribution < -0.4 is 5.32 Å². The molecule has 1 aliphatic heterocycles. The number of carbonyl (C=O) groups excluding carboxylic acids is 1. The van der Waals surface area contributed by atoms with Gasteiger partial charge in [0.1, 0.15) is 30.5 Å². The topological polar surface area (TPSA) is 412 Å². The van der Waals surface area contributed by atoms with Crippen molar-refractivity contribution in [2.24, 2.45) is 0 Å². The zero-order chi connectivity index (χ0) is 48.8. The molecule has 7 N–H and O–H groups in total. The van der Waals surface area contributed by atoms with Gasteiger partial charge in [-0.25, -0.2) is 25.7 Å². The minimum atomic E-state index is -6.01. The summed E-state index contributed by atoms with van der Waals surface area (Å²) < 4.78 is 202. The highest BCUT2D eigenvalue weighted by Crippen LogP contribution is 2.37. The summed E-state index contributed by atoms with van der Waals surface area (Å²) in [7, 11) is -28.7. The Morgan fingerprint density at radius 1 is 0.641 bits per heavy atom. The number of amides is 1. The molecular formula is C32H61NO26S5. The van der Waals surface area contributed by atoms with Crippen LogP contribution in [0.3, 0.4) is 0 Å². The molecule has 1 heterocycles. The fourth-order valence-corrected chi connectivity index (χ4v) is 8.85. The van der Waals surface area contributed by atoms with E-state index in [1.807, 2.05) is 5.32 Å². The molecule has 0 radical (unpaired) electrons. The zero-order valence-electron chi connectivity index (χ0n) is 35.2. The van der Waals surface area contributed by atoms with E-state index in [0.717, 1.165) is 32.1 Å². The second-order valence-electron chi connectivity index (χ2n) is 14.7. The highest BCUT2D eigenvalue weighted by Gasteiger charge is 2.59. The summed E-state index contributed by atoms with van der Waals surface area (Å²) in [5.74, 6) is -7.09. The Labute approximate surface area is 374 Å². The van der Waals surface area contributed by atoms with Crippen LogP contribution in [0.25, 0.3) is 0 Å². The number of hydrogen-bond donors (Lipinski definition) is 7. The number of carboxylic acids is 1. The highest BCUT2D eigenvalue weighted by molar-refractivity contribution is 7.81. The van der Waals surface area contributed by atoms with Crippen molar-refractivity contribution >= 4 is 63.9 Å². The van der Waals surface area contributed by atoms with Crippen LogP contribution >= 0.6 is 0 Å². The third kappa shape index (κ3) is 28.4. The molecule has 64 heavy (non-hydrogen) atoms. The first-order valence-corrected chi connectivity index (χ1v) is 26.9. The van der Waals surface area contributed by atoms with Crippen molar-refractivity contribution in [1.82, 2.24) is 5.32 Å². The van der Waals surface area contributed by atoms with Gasteiger partial charge in [-0.1, -0.05) is 103 Å². The van der Waals surface area contributed by atoms with Crippen LogP contribution in [0.2, 0.25) is 0 Å². The lowest BCUT2D eigenvalue weighted by atomic mass is 9.88. The molecule has 1 fully saturated rings. The van der Waals surface area contributed by atoms with Gasteiger partial charge in [0, 0.05) is 20.0 Å². The maximum absolute atomic E-state index is 12.9. The number of aliphatic carboxylic acids is 1. The summed E-state index contributed by atoms with van der Waals surface area (Å²) in [5.41, 5.74) is 0. The molecule has 0 unspecified atom stereocenters.